The zero-order valence-electron chi connectivity index (χ0n) is 4.55. The van der Waals surface area contributed by atoms with Crippen LogP contribution in [0.4, 0.5) is 0 Å². The van der Waals surface area contributed by atoms with E-state index in [1.807, 2.05) is 6.19 Å². The topological polar surface area (TPSA) is 45.0 Å². The molecule has 3 heteroatoms. The highest BCUT2D eigenvalue weighted by molar-refractivity contribution is 4.72. The summed E-state index contributed by atoms with van der Waals surface area (Å²) in [5, 5.41) is 10.6. The van der Waals surface area contributed by atoms with Crippen molar-refractivity contribution in [3.63, 3.8) is 0 Å². The summed E-state index contributed by atoms with van der Waals surface area (Å²) in [6.45, 7) is 0.791. The number of hydrogen-bond donors (Lipinski definition) is 1. The van der Waals surface area contributed by atoms with Crippen LogP contribution in [-0.2, 0) is 4.74 Å². The average Bonchev–Trinajstić information content (AvgIpc) is 2.19. The summed E-state index contributed by atoms with van der Waals surface area (Å²) >= 11 is 0. The van der Waals surface area contributed by atoms with Crippen molar-refractivity contribution in [1.82, 2.24) is 5.32 Å². The molecule has 1 rings (SSSR count). The van der Waals surface area contributed by atoms with E-state index in [9.17, 15) is 0 Å². The first-order valence-corrected chi connectivity index (χ1v) is 2.69. The van der Waals surface area contributed by atoms with Crippen LogP contribution >= 0.6 is 0 Å². The first-order chi connectivity index (χ1) is 3.93. The van der Waals surface area contributed by atoms with Crippen LogP contribution in [0.1, 0.15) is 12.8 Å². The van der Waals surface area contributed by atoms with Gasteiger partial charge in [0.25, 0.3) is 0 Å². The monoisotopic (exact) mass is 112 g/mol. The van der Waals surface area contributed by atoms with Gasteiger partial charge in [0, 0.05) is 6.61 Å². The molecule has 0 aliphatic carbocycles. The Balaban J connectivity index is 2.17. The van der Waals surface area contributed by atoms with Crippen molar-refractivity contribution in [3.05, 3.63) is 0 Å². The van der Waals surface area contributed by atoms with Gasteiger partial charge in [0.1, 0.15) is 6.23 Å². The van der Waals surface area contributed by atoms with E-state index >= 15 is 0 Å². The molecule has 1 fully saturated rings. The maximum atomic E-state index is 8.09. The minimum Gasteiger partial charge on any atom is -0.358 e. The Morgan fingerprint density at radius 2 is 2.62 bits per heavy atom. The maximum Gasteiger partial charge on any atom is 0.178 e. The van der Waals surface area contributed by atoms with E-state index in [4.69, 9.17) is 10.00 Å². The highest BCUT2D eigenvalue weighted by Gasteiger charge is 2.12. The van der Waals surface area contributed by atoms with Gasteiger partial charge in [-0.1, -0.05) is 0 Å². The van der Waals surface area contributed by atoms with Crippen LogP contribution in [0.5, 0.6) is 0 Å². The number of ether oxygens (including phenoxy) is 1. The van der Waals surface area contributed by atoms with Crippen molar-refractivity contribution >= 4 is 0 Å². The molecule has 1 saturated heterocycles. The molecule has 1 unspecified atom stereocenters. The molecule has 0 amide bonds. The van der Waals surface area contributed by atoms with Gasteiger partial charge < -0.3 is 4.74 Å². The molecule has 0 bridgehead atoms. The Labute approximate surface area is 48.2 Å². The molecule has 0 aromatic rings. The number of nitrogens with one attached hydrogen (secondary N) is 1. The molecule has 0 radical (unpaired) electrons. The van der Waals surface area contributed by atoms with Crippen molar-refractivity contribution in [2.75, 3.05) is 6.61 Å². The van der Waals surface area contributed by atoms with Crippen LogP contribution in [0.2, 0.25) is 0 Å². The van der Waals surface area contributed by atoms with Gasteiger partial charge in [0.15, 0.2) is 6.19 Å². The largest absolute Gasteiger partial charge is 0.358 e. The van der Waals surface area contributed by atoms with Crippen LogP contribution in [0.25, 0.3) is 0 Å². The summed E-state index contributed by atoms with van der Waals surface area (Å²) in [4.78, 5) is 0. The van der Waals surface area contributed by atoms with Crippen molar-refractivity contribution < 1.29 is 4.74 Å². The standard InChI is InChI=1S/C5H8N2O/c6-4-7-5-2-1-3-8-5/h5,7H,1-3H2. The molecule has 0 spiro atoms. The molecular formula is C5H8N2O. The van der Waals surface area contributed by atoms with Crippen LogP contribution in [0, 0.1) is 11.5 Å². The molecular weight excluding hydrogens is 104 g/mol. The normalized spacial score (nSPS) is 27.1. The van der Waals surface area contributed by atoms with E-state index in [1.165, 1.54) is 0 Å². The second kappa shape index (κ2) is 2.53. The predicted molar refractivity (Wildman–Crippen MR) is 27.7 cm³/mol. The molecule has 1 atom stereocenters. The Hall–Kier alpha value is -0.750. The first-order valence-electron chi connectivity index (χ1n) is 2.69. The van der Waals surface area contributed by atoms with Gasteiger partial charge in [0.05, 0.1) is 0 Å². The Morgan fingerprint density at radius 3 is 3.12 bits per heavy atom. The lowest BCUT2D eigenvalue weighted by Gasteiger charge is -2.02. The van der Waals surface area contributed by atoms with Gasteiger partial charge in [-0.2, -0.15) is 5.26 Å². The van der Waals surface area contributed by atoms with Gasteiger partial charge in [-0.3, -0.25) is 5.32 Å². The van der Waals surface area contributed by atoms with Crippen molar-refractivity contribution in [2.24, 2.45) is 0 Å². The second-order valence-corrected chi connectivity index (χ2v) is 1.76. The zero-order valence-corrected chi connectivity index (χ0v) is 4.55. The quantitative estimate of drug-likeness (QED) is 0.389. The minimum absolute atomic E-state index is 0.000000000000000222. The summed E-state index contributed by atoms with van der Waals surface area (Å²) in [5.74, 6) is 0. The van der Waals surface area contributed by atoms with Crippen LogP contribution in [0.15, 0.2) is 0 Å². The predicted octanol–water partition coefficient (Wildman–Crippen LogP) is 0.194. The molecule has 1 N–H and O–H groups in total. The average molecular weight is 112 g/mol. The van der Waals surface area contributed by atoms with Crippen LogP contribution in [0.3, 0.4) is 0 Å². The maximum absolute atomic E-state index is 8.09. The van der Waals surface area contributed by atoms with Gasteiger partial charge >= 0.3 is 0 Å². The molecule has 0 aromatic heterocycles. The number of hydrogen-bond acceptors (Lipinski definition) is 3. The molecule has 0 aromatic carbocycles. The van der Waals surface area contributed by atoms with Crippen molar-refractivity contribution in [1.29, 1.82) is 5.26 Å². The smallest absolute Gasteiger partial charge is 0.178 e. The third kappa shape index (κ3) is 1.11. The molecule has 1 aliphatic rings. The fourth-order valence-corrected chi connectivity index (χ4v) is 0.763. The number of rotatable bonds is 1. The Morgan fingerprint density at radius 1 is 1.75 bits per heavy atom. The van der Waals surface area contributed by atoms with E-state index in [0.29, 0.717) is 0 Å². The second-order valence-electron chi connectivity index (χ2n) is 1.76. The summed E-state index contributed by atoms with van der Waals surface area (Å²) in [5.41, 5.74) is 0. The van der Waals surface area contributed by atoms with E-state index in [2.05, 4.69) is 5.32 Å². The van der Waals surface area contributed by atoms with E-state index < -0.39 is 0 Å². The first kappa shape index (κ1) is 5.39. The summed E-state index contributed by atoms with van der Waals surface area (Å²) in [6.07, 6.45) is 3.87. The molecule has 1 heterocycles. The fraction of sp³-hybridized carbons (Fsp3) is 0.800. The summed E-state index contributed by atoms with van der Waals surface area (Å²) in [7, 11) is 0. The molecule has 3 nitrogen and oxygen atoms in total. The third-order valence-corrected chi connectivity index (χ3v) is 1.16. The molecule has 8 heavy (non-hydrogen) atoms. The van der Waals surface area contributed by atoms with Crippen LogP contribution < -0.4 is 5.32 Å². The summed E-state index contributed by atoms with van der Waals surface area (Å²) < 4.78 is 5.06. The zero-order chi connectivity index (χ0) is 5.82. The lowest BCUT2D eigenvalue weighted by molar-refractivity contribution is 0.0973. The lowest BCUT2D eigenvalue weighted by Crippen LogP contribution is -2.22. The van der Waals surface area contributed by atoms with Crippen LogP contribution in [-0.4, -0.2) is 12.8 Å². The fourth-order valence-electron chi connectivity index (χ4n) is 0.763. The summed E-state index contributed by atoms with van der Waals surface area (Å²) in [6, 6.07) is 0. The van der Waals surface area contributed by atoms with Gasteiger partial charge in [-0.05, 0) is 12.8 Å². The third-order valence-electron chi connectivity index (χ3n) is 1.16. The molecule has 44 valence electrons. The van der Waals surface area contributed by atoms with Gasteiger partial charge in [-0.25, -0.2) is 0 Å². The highest BCUT2D eigenvalue weighted by atomic mass is 16.5. The van der Waals surface area contributed by atoms with E-state index in [-0.39, 0.29) is 6.23 Å². The molecule has 1 aliphatic heterocycles. The molecule has 0 saturated carbocycles. The SMILES string of the molecule is N#CNC1CCCO1. The Bertz CT molecular complexity index is 101. The number of nitrogens with zero attached hydrogens (tertiary/aromatic N) is 1. The lowest BCUT2D eigenvalue weighted by atomic mass is 10.3. The van der Waals surface area contributed by atoms with Gasteiger partial charge in [0.2, 0.25) is 0 Å². The van der Waals surface area contributed by atoms with E-state index in [0.717, 1.165) is 19.4 Å². The Kier molecular flexibility index (Phi) is 1.70. The van der Waals surface area contributed by atoms with Crippen molar-refractivity contribution in [2.45, 2.75) is 19.1 Å². The van der Waals surface area contributed by atoms with Gasteiger partial charge in [-0.15, -0.1) is 0 Å². The highest BCUT2D eigenvalue weighted by Crippen LogP contribution is 2.07. The number of nitriles is 1. The minimum atomic E-state index is -0.000000000000000222. The van der Waals surface area contributed by atoms with Crippen molar-refractivity contribution in [3.8, 4) is 6.19 Å². The van der Waals surface area contributed by atoms with E-state index in [1.54, 1.807) is 0 Å².